The number of methoxy groups -OCH3 is 1. The van der Waals surface area contributed by atoms with Crippen molar-refractivity contribution < 1.29 is 33.7 Å². The number of phenols is 1. The number of nitrogens with zero attached hydrogens (tertiary/aromatic N) is 4. The molecule has 2 N–H and O–H groups in total. The second-order valence-electron chi connectivity index (χ2n) is 16.6. The smallest absolute Gasteiger partial charge is 0.255 e. The molecular weight excluding hydrogens is 735 g/mol. The highest BCUT2D eigenvalue weighted by Gasteiger charge is 2.43. The number of amides is 3. The lowest BCUT2D eigenvalue weighted by atomic mass is 9.75. The van der Waals surface area contributed by atoms with Gasteiger partial charge in [0.05, 0.1) is 32.0 Å². The quantitative estimate of drug-likeness (QED) is 0.240. The number of imide groups is 1. The molecule has 3 saturated heterocycles. The fourth-order valence-corrected chi connectivity index (χ4v) is 10.4. The summed E-state index contributed by atoms with van der Waals surface area (Å²) in [6, 6.07) is 26.1. The van der Waals surface area contributed by atoms with Crippen LogP contribution in [0.15, 0.2) is 78.9 Å². The molecule has 3 fully saturated rings. The van der Waals surface area contributed by atoms with Gasteiger partial charge in [-0.25, -0.2) is 0 Å². The first-order valence-electron chi connectivity index (χ1n) is 20.7. The molecule has 0 bridgehead atoms. The van der Waals surface area contributed by atoms with Crippen molar-refractivity contribution in [2.45, 2.75) is 56.1 Å². The van der Waals surface area contributed by atoms with Crippen LogP contribution in [-0.4, -0.2) is 104 Å². The van der Waals surface area contributed by atoms with Gasteiger partial charge >= 0.3 is 0 Å². The Kier molecular flexibility index (Phi) is 9.39. The van der Waals surface area contributed by atoms with Gasteiger partial charge in [-0.15, -0.1) is 0 Å². The van der Waals surface area contributed by atoms with Crippen LogP contribution in [0, 0.1) is 5.92 Å². The Morgan fingerprint density at radius 3 is 2.48 bits per heavy atom. The summed E-state index contributed by atoms with van der Waals surface area (Å²) in [5.41, 5.74) is 7.01. The van der Waals surface area contributed by atoms with Crippen LogP contribution in [0.25, 0.3) is 0 Å². The summed E-state index contributed by atoms with van der Waals surface area (Å²) in [7, 11) is 1.75. The van der Waals surface area contributed by atoms with Gasteiger partial charge in [0.2, 0.25) is 11.8 Å². The molecule has 0 spiro atoms. The van der Waals surface area contributed by atoms with Crippen molar-refractivity contribution in [3.8, 4) is 23.0 Å². The molecular formula is C46H49N5O7. The number of piperidine rings is 2. The molecule has 58 heavy (non-hydrogen) atoms. The first-order chi connectivity index (χ1) is 28.3. The van der Waals surface area contributed by atoms with Crippen LogP contribution in [0.1, 0.15) is 70.1 Å². The number of carbonyl (C=O) groups is 3. The van der Waals surface area contributed by atoms with Gasteiger partial charge in [0.1, 0.15) is 35.6 Å². The summed E-state index contributed by atoms with van der Waals surface area (Å²) >= 11 is 0. The van der Waals surface area contributed by atoms with Crippen molar-refractivity contribution in [1.29, 1.82) is 0 Å². The molecule has 0 saturated carbocycles. The Morgan fingerprint density at radius 1 is 0.845 bits per heavy atom. The van der Waals surface area contributed by atoms with E-state index in [9.17, 15) is 19.5 Å². The maximum Gasteiger partial charge on any atom is 0.255 e. The van der Waals surface area contributed by atoms with Gasteiger partial charge in [-0.05, 0) is 55.0 Å². The second-order valence-corrected chi connectivity index (χ2v) is 16.6. The maximum absolute atomic E-state index is 13.4. The van der Waals surface area contributed by atoms with E-state index in [-0.39, 0.29) is 41.9 Å². The Bertz CT molecular complexity index is 2260. The molecule has 6 heterocycles. The standard InChI is InChI=1S/C46H49N5O7/c1-56-40-21-30(7-9-34(40)43-35-10-8-32(52)22-41(35)57-27-37(43)29-5-3-2-4-6-29)49-17-15-28(16-18-49)23-48-19-20-50-31(24-48)26-58-44-36-25-51(39-13-14-42(53)47-45(39)54)46(55)33(36)11-12-38(44)50/h2-12,21-22,28,31,37,39,43,52H,13-20,23-27H2,1H3,(H,47,53,54)/t31-,37-,39+,43-/m0/s1. The van der Waals surface area contributed by atoms with Crippen LogP contribution in [-0.2, 0) is 16.1 Å². The molecule has 4 aromatic carbocycles. The number of hydrogen-bond acceptors (Lipinski definition) is 10. The maximum atomic E-state index is 13.4. The highest BCUT2D eigenvalue weighted by Crippen LogP contribution is 2.50. The van der Waals surface area contributed by atoms with Crippen LogP contribution in [0.2, 0.25) is 0 Å². The zero-order valence-corrected chi connectivity index (χ0v) is 32.8. The van der Waals surface area contributed by atoms with Gasteiger partial charge in [-0.3, -0.25) is 24.6 Å². The number of ether oxygens (including phenoxy) is 3. The zero-order chi connectivity index (χ0) is 39.5. The first-order valence-corrected chi connectivity index (χ1v) is 20.7. The van der Waals surface area contributed by atoms with E-state index in [0.29, 0.717) is 43.4 Å². The molecule has 0 aliphatic carbocycles. The number of aromatic hydroxyl groups is 1. The summed E-state index contributed by atoms with van der Waals surface area (Å²) in [5, 5.41) is 12.6. The Hall–Kier alpha value is -5.75. The predicted octanol–water partition coefficient (Wildman–Crippen LogP) is 5.27. The summed E-state index contributed by atoms with van der Waals surface area (Å²) in [5.74, 6) is 2.38. The zero-order valence-electron chi connectivity index (χ0n) is 32.8. The van der Waals surface area contributed by atoms with Gasteiger partial charge in [0.15, 0.2) is 0 Å². The molecule has 4 atom stereocenters. The average molecular weight is 784 g/mol. The van der Waals surface area contributed by atoms with Crippen molar-refractivity contribution >= 4 is 29.1 Å². The lowest BCUT2D eigenvalue weighted by Gasteiger charge is -2.47. The SMILES string of the molecule is COc1cc(N2CCC(CN3CCN4c5ccc6c(c5OC[C@@H]4C3)CN([C@@H]3CCC(=O)NC3=O)C6=O)CC2)ccc1[C@H]1c2ccc(O)cc2OC[C@H]1c1ccccc1. The number of benzene rings is 4. The number of piperazine rings is 1. The third-order valence-electron chi connectivity index (χ3n) is 13.4. The third kappa shape index (κ3) is 6.47. The van der Waals surface area contributed by atoms with Crippen LogP contribution >= 0.6 is 0 Å². The summed E-state index contributed by atoms with van der Waals surface area (Å²) in [4.78, 5) is 46.9. The number of nitrogens with one attached hydrogen (secondary N) is 1. The van der Waals surface area contributed by atoms with E-state index < -0.39 is 11.9 Å². The van der Waals surface area contributed by atoms with E-state index in [0.717, 1.165) is 86.0 Å². The number of hydrogen-bond donors (Lipinski definition) is 2. The van der Waals surface area contributed by atoms with E-state index in [2.05, 4.69) is 62.5 Å². The fraction of sp³-hybridized carbons (Fsp3) is 0.413. The largest absolute Gasteiger partial charge is 0.508 e. The molecule has 12 heteroatoms. The van der Waals surface area contributed by atoms with Crippen molar-refractivity contribution in [3.63, 3.8) is 0 Å². The molecule has 0 unspecified atom stereocenters. The lowest BCUT2D eigenvalue weighted by Crippen LogP contribution is -2.58. The van der Waals surface area contributed by atoms with E-state index in [1.807, 2.05) is 24.3 Å². The average Bonchev–Trinajstić information content (AvgIpc) is 3.59. The van der Waals surface area contributed by atoms with Gasteiger partial charge in [-0.2, -0.15) is 0 Å². The van der Waals surface area contributed by atoms with Crippen LogP contribution in [0.3, 0.4) is 0 Å². The topological polar surface area (TPSA) is 124 Å². The molecule has 0 radical (unpaired) electrons. The summed E-state index contributed by atoms with van der Waals surface area (Å²) in [6.07, 6.45) is 2.81. The molecule has 0 aromatic heterocycles. The second kappa shape index (κ2) is 14.9. The van der Waals surface area contributed by atoms with E-state index in [1.165, 1.54) is 11.3 Å². The molecule has 12 nitrogen and oxygen atoms in total. The molecule has 300 valence electrons. The summed E-state index contributed by atoms with van der Waals surface area (Å²) in [6.45, 7) is 7.19. The molecule has 3 amide bonds. The molecule has 6 aliphatic heterocycles. The third-order valence-corrected chi connectivity index (χ3v) is 13.4. The van der Waals surface area contributed by atoms with Crippen LogP contribution < -0.4 is 29.3 Å². The van der Waals surface area contributed by atoms with Gasteiger partial charge in [0.25, 0.3) is 5.91 Å². The minimum Gasteiger partial charge on any atom is -0.508 e. The van der Waals surface area contributed by atoms with Crippen LogP contribution in [0.4, 0.5) is 11.4 Å². The monoisotopic (exact) mass is 783 g/mol. The van der Waals surface area contributed by atoms with E-state index >= 15 is 0 Å². The minimum absolute atomic E-state index is 0.00496. The fourth-order valence-electron chi connectivity index (χ4n) is 10.4. The minimum atomic E-state index is -0.643. The number of phenolic OH excluding ortho intramolecular Hbond substituents is 1. The number of anilines is 2. The number of carbonyl (C=O) groups excluding carboxylic acids is 3. The van der Waals surface area contributed by atoms with Gasteiger partial charge in [-0.1, -0.05) is 42.5 Å². The van der Waals surface area contributed by atoms with Crippen molar-refractivity contribution in [2.75, 3.05) is 69.4 Å². The number of fused-ring (bicyclic) bond motifs is 6. The van der Waals surface area contributed by atoms with Gasteiger partial charge in [0, 0.05) is 97.6 Å². The number of rotatable bonds is 7. The Labute approximate surface area is 338 Å². The van der Waals surface area contributed by atoms with E-state index in [1.54, 1.807) is 24.1 Å². The normalized spacial score (nSPS) is 24.6. The Balaban J connectivity index is 0.779. The van der Waals surface area contributed by atoms with Crippen molar-refractivity contribution in [1.82, 2.24) is 15.1 Å². The first kappa shape index (κ1) is 36.6. The molecule has 4 aromatic rings. The highest BCUT2D eigenvalue weighted by molar-refractivity contribution is 6.06. The van der Waals surface area contributed by atoms with Crippen molar-refractivity contribution in [3.05, 3.63) is 107 Å². The molecule has 10 rings (SSSR count). The highest BCUT2D eigenvalue weighted by atomic mass is 16.5. The van der Waals surface area contributed by atoms with Gasteiger partial charge < -0.3 is 34.0 Å². The lowest BCUT2D eigenvalue weighted by molar-refractivity contribution is -0.136. The Morgan fingerprint density at radius 2 is 1.67 bits per heavy atom. The van der Waals surface area contributed by atoms with Crippen molar-refractivity contribution in [2.24, 2.45) is 5.92 Å². The summed E-state index contributed by atoms with van der Waals surface area (Å²) < 4.78 is 18.8. The predicted molar refractivity (Wildman–Crippen MR) is 218 cm³/mol. The van der Waals surface area contributed by atoms with E-state index in [4.69, 9.17) is 14.2 Å². The van der Waals surface area contributed by atoms with Crippen LogP contribution in [0.5, 0.6) is 23.0 Å². The molecule has 6 aliphatic rings.